The van der Waals surface area contributed by atoms with Crippen molar-refractivity contribution in [2.45, 2.75) is 4.83 Å². The number of carbonyl (C=O) groups excluding carboxylic acids is 1. The van der Waals surface area contributed by atoms with Gasteiger partial charge in [0.05, 0.1) is 6.61 Å². The van der Waals surface area contributed by atoms with E-state index < -0.39 is 10.6 Å². The molecule has 0 bridgehead atoms. The maximum absolute atomic E-state index is 13.5. The molecule has 3 aromatic rings. The fraction of sp³-hybridized carbons (Fsp3) is 0.167. The number of rotatable bonds is 6. The van der Waals surface area contributed by atoms with Crippen LogP contribution in [0.1, 0.15) is 20.7 Å². The van der Waals surface area contributed by atoms with Gasteiger partial charge in [-0.2, -0.15) is 0 Å². The lowest BCUT2D eigenvalue weighted by molar-refractivity contribution is 0.0991. The fourth-order valence-electron chi connectivity index (χ4n) is 2.58. The summed E-state index contributed by atoms with van der Waals surface area (Å²) in [5.74, 6) is -0.466. The first kappa shape index (κ1) is 17.9. The molecular formula is C18H14BrClFNO3. The van der Waals surface area contributed by atoms with E-state index in [9.17, 15) is 9.18 Å². The van der Waals surface area contributed by atoms with Gasteiger partial charge >= 0.3 is 0 Å². The molecule has 0 saturated carbocycles. The zero-order chi connectivity index (χ0) is 18.0. The van der Waals surface area contributed by atoms with E-state index in [0.29, 0.717) is 16.1 Å². The van der Waals surface area contributed by atoms with Crippen molar-refractivity contribution in [3.8, 4) is 5.75 Å². The molecule has 1 heterocycles. The van der Waals surface area contributed by atoms with Crippen molar-refractivity contribution >= 4 is 44.2 Å². The summed E-state index contributed by atoms with van der Waals surface area (Å²) in [6.07, 6.45) is 1.62. The highest BCUT2D eigenvalue weighted by Gasteiger charge is 2.25. The van der Waals surface area contributed by atoms with Crippen LogP contribution >= 0.6 is 27.5 Å². The molecule has 0 amide bonds. The van der Waals surface area contributed by atoms with Crippen molar-refractivity contribution in [2.75, 3.05) is 13.2 Å². The number of ketones is 1. The molecule has 0 aliphatic carbocycles. The van der Waals surface area contributed by atoms with Crippen LogP contribution in [0.3, 0.4) is 0 Å². The average Bonchev–Trinajstić information content (AvgIpc) is 3.01. The van der Waals surface area contributed by atoms with Crippen LogP contribution in [0.25, 0.3) is 10.9 Å². The Kier molecular flexibility index (Phi) is 5.42. The van der Waals surface area contributed by atoms with E-state index in [1.54, 1.807) is 24.4 Å². The van der Waals surface area contributed by atoms with Crippen molar-refractivity contribution < 1.29 is 19.0 Å². The van der Waals surface area contributed by atoms with Crippen molar-refractivity contribution in [2.24, 2.45) is 0 Å². The number of benzene rings is 2. The Morgan fingerprint density at radius 1 is 1.32 bits per heavy atom. The van der Waals surface area contributed by atoms with Gasteiger partial charge in [0.1, 0.15) is 23.0 Å². The molecule has 0 spiro atoms. The molecule has 7 heteroatoms. The number of aromatic amines is 1. The summed E-state index contributed by atoms with van der Waals surface area (Å²) >= 11 is 9.35. The first-order valence-corrected chi connectivity index (χ1v) is 8.78. The SMILES string of the molecule is O=C(c1c[nH]c2cc(Cl)ccc12)C(Br)c1ccc(F)cc1OCCO. The third-order valence-electron chi connectivity index (χ3n) is 3.74. The van der Waals surface area contributed by atoms with Crippen molar-refractivity contribution in [1.29, 1.82) is 0 Å². The minimum Gasteiger partial charge on any atom is -0.491 e. The van der Waals surface area contributed by atoms with Crippen LogP contribution < -0.4 is 4.74 Å². The number of H-pyrrole nitrogens is 1. The van der Waals surface area contributed by atoms with E-state index in [1.807, 2.05) is 0 Å². The van der Waals surface area contributed by atoms with E-state index in [1.165, 1.54) is 18.2 Å². The van der Waals surface area contributed by atoms with Gasteiger partial charge in [0.15, 0.2) is 5.78 Å². The third-order valence-corrected chi connectivity index (χ3v) is 4.88. The molecular weight excluding hydrogens is 413 g/mol. The number of aromatic nitrogens is 1. The predicted molar refractivity (Wildman–Crippen MR) is 98.3 cm³/mol. The number of aliphatic hydroxyl groups is 1. The van der Waals surface area contributed by atoms with E-state index in [0.717, 1.165) is 10.9 Å². The smallest absolute Gasteiger partial charge is 0.183 e. The first-order valence-electron chi connectivity index (χ1n) is 7.49. The zero-order valence-corrected chi connectivity index (χ0v) is 15.3. The maximum Gasteiger partial charge on any atom is 0.183 e. The Morgan fingerprint density at radius 3 is 2.88 bits per heavy atom. The second-order valence-electron chi connectivity index (χ2n) is 5.37. The lowest BCUT2D eigenvalue weighted by atomic mass is 10.0. The summed E-state index contributed by atoms with van der Waals surface area (Å²) in [5.41, 5.74) is 1.74. The standard InChI is InChI=1S/C18H14BrClFNO3/c19-17(13-4-2-11(21)8-16(13)25-6-5-23)18(24)14-9-22-15-7-10(20)1-3-12(14)15/h1-4,7-9,17,22-23H,5-6H2. The number of carbonyl (C=O) groups is 1. The molecule has 0 radical (unpaired) electrons. The summed E-state index contributed by atoms with van der Waals surface area (Å²) in [6.45, 7) is -0.198. The van der Waals surface area contributed by atoms with Crippen LogP contribution in [-0.4, -0.2) is 29.1 Å². The monoisotopic (exact) mass is 425 g/mol. The van der Waals surface area contributed by atoms with Crippen LogP contribution in [-0.2, 0) is 0 Å². The molecule has 1 aromatic heterocycles. The Bertz CT molecular complexity index is 928. The number of alkyl halides is 1. The Hall–Kier alpha value is -1.89. The van der Waals surface area contributed by atoms with Gasteiger partial charge in [-0.25, -0.2) is 4.39 Å². The Morgan fingerprint density at radius 2 is 2.12 bits per heavy atom. The van der Waals surface area contributed by atoms with Gasteiger partial charge < -0.3 is 14.8 Å². The molecule has 4 nitrogen and oxygen atoms in total. The summed E-state index contributed by atoms with van der Waals surface area (Å²) in [4.78, 5) is 15.2. The van der Waals surface area contributed by atoms with Crippen LogP contribution in [0.15, 0.2) is 42.6 Å². The molecule has 2 N–H and O–H groups in total. The lowest BCUT2D eigenvalue weighted by Crippen LogP contribution is -2.10. The van der Waals surface area contributed by atoms with E-state index >= 15 is 0 Å². The highest BCUT2D eigenvalue weighted by atomic mass is 79.9. The van der Waals surface area contributed by atoms with E-state index in [2.05, 4.69) is 20.9 Å². The first-order chi connectivity index (χ1) is 12.0. The topological polar surface area (TPSA) is 62.3 Å². The number of hydrogen-bond donors (Lipinski definition) is 2. The quantitative estimate of drug-likeness (QED) is 0.445. The zero-order valence-electron chi connectivity index (χ0n) is 12.9. The second kappa shape index (κ2) is 7.56. The lowest BCUT2D eigenvalue weighted by Gasteiger charge is -2.15. The van der Waals surface area contributed by atoms with Crippen molar-refractivity contribution in [1.82, 2.24) is 4.98 Å². The summed E-state index contributed by atoms with van der Waals surface area (Å²) in [6, 6.07) is 9.18. The Balaban J connectivity index is 1.97. The van der Waals surface area contributed by atoms with Crippen molar-refractivity contribution in [3.63, 3.8) is 0 Å². The number of halogens is 3. The maximum atomic E-state index is 13.5. The average molecular weight is 427 g/mol. The molecule has 1 unspecified atom stereocenters. The number of ether oxygens (including phenoxy) is 1. The van der Waals surface area contributed by atoms with Gasteiger partial charge in [-0.05, 0) is 18.2 Å². The number of hydrogen-bond acceptors (Lipinski definition) is 3. The Labute approximate surface area is 156 Å². The van der Waals surface area contributed by atoms with Crippen molar-refractivity contribution in [3.05, 3.63) is 64.6 Å². The van der Waals surface area contributed by atoms with Crippen LogP contribution in [0.5, 0.6) is 5.75 Å². The number of nitrogens with one attached hydrogen (secondary N) is 1. The molecule has 0 fully saturated rings. The number of aliphatic hydroxyl groups excluding tert-OH is 1. The number of Topliss-reactive ketones (excluding diaryl/α,β-unsaturated/α-hetero) is 1. The van der Waals surface area contributed by atoms with E-state index in [-0.39, 0.29) is 24.7 Å². The minimum atomic E-state index is -0.725. The summed E-state index contributed by atoms with van der Waals surface area (Å²) in [7, 11) is 0. The van der Waals surface area contributed by atoms with Crippen LogP contribution in [0.4, 0.5) is 4.39 Å². The molecule has 0 aliphatic rings. The summed E-state index contributed by atoms with van der Waals surface area (Å²) < 4.78 is 18.9. The van der Waals surface area contributed by atoms with Gasteiger partial charge in [-0.15, -0.1) is 0 Å². The minimum absolute atomic E-state index is 0.00987. The predicted octanol–water partition coefficient (Wildman–Crippen LogP) is 4.65. The number of fused-ring (bicyclic) bond motifs is 1. The molecule has 2 aromatic carbocycles. The molecule has 130 valence electrons. The molecule has 3 rings (SSSR count). The van der Waals surface area contributed by atoms with Crippen LogP contribution in [0.2, 0.25) is 5.02 Å². The fourth-order valence-corrected chi connectivity index (χ4v) is 3.38. The highest BCUT2D eigenvalue weighted by Crippen LogP contribution is 2.36. The van der Waals surface area contributed by atoms with Gasteiger partial charge in [0, 0.05) is 39.3 Å². The van der Waals surface area contributed by atoms with Gasteiger partial charge in [0.25, 0.3) is 0 Å². The molecule has 25 heavy (non-hydrogen) atoms. The second-order valence-corrected chi connectivity index (χ2v) is 6.73. The molecule has 0 saturated heterocycles. The van der Waals surface area contributed by atoms with Crippen LogP contribution in [0, 0.1) is 5.82 Å². The van der Waals surface area contributed by atoms with Gasteiger partial charge in [-0.1, -0.05) is 39.7 Å². The largest absolute Gasteiger partial charge is 0.491 e. The third kappa shape index (κ3) is 3.71. The van der Waals surface area contributed by atoms with Gasteiger partial charge in [-0.3, -0.25) is 4.79 Å². The van der Waals surface area contributed by atoms with Gasteiger partial charge in [0.2, 0.25) is 0 Å². The highest BCUT2D eigenvalue weighted by molar-refractivity contribution is 9.09. The molecule has 1 atom stereocenters. The summed E-state index contributed by atoms with van der Waals surface area (Å²) in [5, 5.41) is 10.2. The molecule has 0 aliphatic heterocycles. The normalized spacial score (nSPS) is 12.3. The van der Waals surface area contributed by atoms with E-state index in [4.69, 9.17) is 21.4 Å².